The van der Waals surface area contributed by atoms with Crippen LogP contribution in [0.3, 0.4) is 0 Å². The van der Waals surface area contributed by atoms with Gasteiger partial charge in [-0.25, -0.2) is 0 Å². The monoisotopic (exact) mass is 767 g/mol. The summed E-state index contributed by atoms with van der Waals surface area (Å²) in [6, 6.07) is 0. The largest absolute Gasteiger partial charge is 0.462 e. The van der Waals surface area contributed by atoms with Gasteiger partial charge in [0.1, 0.15) is 31.0 Å². The molecule has 1 saturated heterocycles. The Morgan fingerprint density at radius 1 is 0.574 bits per heavy atom. The quantitative estimate of drug-likeness (QED) is 0.0280. The van der Waals surface area contributed by atoms with Crippen molar-refractivity contribution in [3.63, 3.8) is 0 Å². The minimum atomic E-state index is -1.60. The van der Waals surface area contributed by atoms with E-state index in [9.17, 15) is 30.0 Å². The number of carbonyl (C=O) groups excluding carboxylic acids is 2. The van der Waals surface area contributed by atoms with Crippen LogP contribution in [0, 0.1) is 0 Å². The highest BCUT2D eigenvalue weighted by molar-refractivity contribution is 5.70. The Bertz CT molecular complexity index is 980. The first-order chi connectivity index (χ1) is 26.3. The summed E-state index contributed by atoms with van der Waals surface area (Å²) < 4.78 is 22.1. The van der Waals surface area contributed by atoms with Gasteiger partial charge in [0, 0.05) is 12.8 Å². The number of aliphatic hydroxyl groups is 4. The van der Waals surface area contributed by atoms with E-state index in [4.69, 9.17) is 18.9 Å². The molecule has 54 heavy (non-hydrogen) atoms. The van der Waals surface area contributed by atoms with Crippen LogP contribution in [0.1, 0.15) is 174 Å². The molecule has 0 bridgehead atoms. The average Bonchev–Trinajstić information content (AvgIpc) is 3.17. The summed E-state index contributed by atoms with van der Waals surface area (Å²) in [7, 11) is 0. The van der Waals surface area contributed by atoms with Crippen molar-refractivity contribution in [3.8, 4) is 0 Å². The molecule has 4 N–H and O–H groups in total. The normalized spacial score (nSPS) is 21.0. The van der Waals surface area contributed by atoms with Gasteiger partial charge in [-0.3, -0.25) is 9.59 Å². The number of aliphatic hydroxyl groups excluding tert-OH is 4. The summed E-state index contributed by atoms with van der Waals surface area (Å²) in [6.45, 7) is 3.34. The molecular weight excluding hydrogens is 688 g/mol. The third kappa shape index (κ3) is 26.7. The number of allylic oxidation sites excluding steroid dienone is 6. The zero-order chi connectivity index (χ0) is 39.5. The number of carbonyl (C=O) groups is 2. The Kier molecular flexibility index (Phi) is 32.7. The van der Waals surface area contributed by atoms with Gasteiger partial charge in [0.05, 0.1) is 13.2 Å². The summed E-state index contributed by atoms with van der Waals surface area (Å²) in [5, 5.41) is 40.0. The fourth-order valence-electron chi connectivity index (χ4n) is 6.26. The van der Waals surface area contributed by atoms with Crippen LogP contribution in [0.25, 0.3) is 0 Å². The molecule has 0 spiro atoms. The smallest absolute Gasteiger partial charge is 0.306 e. The van der Waals surface area contributed by atoms with Gasteiger partial charge in [-0.1, -0.05) is 134 Å². The van der Waals surface area contributed by atoms with Crippen LogP contribution in [-0.2, 0) is 28.5 Å². The predicted molar refractivity (Wildman–Crippen MR) is 215 cm³/mol. The maximum Gasteiger partial charge on any atom is 0.306 e. The topological polar surface area (TPSA) is 152 Å². The molecular formula is C44H78O10. The lowest BCUT2D eigenvalue weighted by Gasteiger charge is -2.39. The van der Waals surface area contributed by atoms with Gasteiger partial charge in [0.15, 0.2) is 12.4 Å². The van der Waals surface area contributed by atoms with Crippen LogP contribution >= 0.6 is 0 Å². The van der Waals surface area contributed by atoms with Gasteiger partial charge in [0.2, 0.25) is 0 Å². The molecule has 6 atom stereocenters. The van der Waals surface area contributed by atoms with Gasteiger partial charge < -0.3 is 39.4 Å². The van der Waals surface area contributed by atoms with Crippen LogP contribution < -0.4 is 0 Å². The van der Waals surface area contributed by atoms with E-state index in [1.54, 1.807) is 0 Å². The lowest BCUT2D eigenvalue weighted by Crippen LogP contribution is -2.59. The lowest BCUT2D eigenvalue weighted by atomic mass is 9.99. The molecule has 10 nitrogen and oxygen atoms in total. The molecule has 1 aliphatic rings. The SMILES string of the molecule is CCCC/C=C/C/C=C/CCCCCCCC(=O)O[C@@H](COC(=O)CCCCCCCCC/C=C/CCCCCC)CO[C@H]1O[C@@H](CO)[C@@H](O)C(O)C1O. The van der Waals surface area contributed by atoms with Crippen molar-refractivity contribution in [2.45, 2.75) is 211 Å². The molecule has 1 rings (SSSR count). The maximum atomic E-state index is 12.7. The molecule has 1 heterocycles. The van der Waals surface area contributed by atoms with Crippen LogP contribution in [0.2, 0.25) is 0 Å². The zero-order valence-corrected chi connectivity index (χ0v) is 34.0. The minimum absolute atomic E-state index is 0.213. The number of hydrogen-bond acceptors (Lipinski definition) is 10. The van der Waals surface area contributed by atoms with Crippen LogP contribution in [0.4, 0.5) is 0 Å². The Labute approximate surface area is 327 Å². The van der Waals surface area contributed by atoms with Gasteiger partial charge in [-0.15, -0.1) is 0 Å². The Morgan fingerprint density at radius 3 is 1.61 bits per heavy atom. The maximum absolute atomic E-state index is 12.7. The van der Waals surface area contributed by atoms with E-state index in [-0.39, 0.29) is 32.0 Å². The number of rotatable bonds is 35. The predicted octanol–water partition coefficient (Wildman–Crippen LogP) is 8.72. The van der Waals surface area contributed by atoms with Crippen molar-refractivity contribution < 1.29 is 49.0 Å². The van der Waals surface area contributed by atoms with Crippen LogP contribution in [0.15, 0.2) is 36.5 Å². The second kappa shape index (κ2) is 35.3. The van der Waals surface area contributed by atoms with E-state index in [0.29, 0.717) is 6.42 Å². The van der Waals surface area contributed by atoms with Crippen molar-refractivity contribution in [2.75, 3.05) is 19.8 Å². The molecule has 2 unspecified atom stereocenters. The summed E-state index contributed by atoms with van der Waals surface area (Å²) in [5.74, 6) is -0.828. The summed E-state index contributed by atoms with van der Waals surface area (Å²) in [5.41, 5.74) is 0. The molecule has 0 aromatic heterocycles. The fraction of sp³-hybridized carbons (Fsp3) is 0.818. The summed E-state index contributed by atoms with van der Waals surface area (Å²) in [6.07, 6.45) is 31.4. The van der Waals surface area contributed by atoms with E-state index in [0.717, 1.165) is 77.0 Å². The van der Waals surface area contributed by atoms with Gasteiger partial charge in [-0.2, -0.15) is 0 Å². The number of hydrogen-bond donors (Lipinski definition) is 4. The van der Waals surface area contributed by atoms with Crippen molar-refractivity contribution in [1.29, 1.82) is 0 Å². The Hall–Kier alpha value is -2.08. The summed E-state index contributed by atoms with van der Waals surface area (Å²) in [4.78, 5) is 25.3. The highest BCUT2D eigenvalue weighted by Crippen LogP contribution is 2.22. The number of esters is 2. The van der Waals surface area contributed by atoms with Crippen LogP contribution in [-0.4, -0.2) is 89.0 Å². The number of ether oxygens (including phenoxy) is 4. The minimum Gasteiger partial charge on any atom is -0.462 e. The third-order valence-corrected chi connectivity index (χ3v) is 9.75. The van der Waals surface area contributed by atoms with E-state index < -0.39 is 49.4 Å². The van der Waals surface area contributed by atoms with Crippen molar-refractivity contribution >= 4 is 11.9 Å². The van der Waals surface area contributed by atoms with E-state index >= 15 is 0 Å². The highest BCUT2D eigenvalue weighted by Gasteiger charge is 2.44. The Morgan fingerprint density at radius 2 is 1.06 bits per heavy atom. The molecule has 314 valence electrons. The number of unbranched alkanes of at least 4 members (excludes halogenated alkanes) is 18. The van der Waals surface area contributed by atoms with Gasteiger partial charge in [0.25, 0.3) is 0 Å². The molecule has 0 radical (unpaired) electrons. The first kappa shape index (κ1) is 49.9. The van der Waals surface area contributed by atoms with Crippen molar-refractivity contribution in [3.05, 3.63) is 36.5 Å². The highest BCUT2D eigenvalue weighted by atomic mass is 16.7. The van der Waals surface area contributed by atoms with E-state index in [1.165, 1.54) is 64.2 Å². The molecule has 1 fully saturated rings. The van der Waals surface area contributed by atoms with E-state index in [1.807, 2.05) is 0 Å². The van der Waals surface area contributed by atoms with Crippen LogP contribution in [0.5, 0.6) is 0 Å². The van der Waals surface area contributed by atoms with Gasteiger partial charge >= 0.3 is 11.9 Å². The molecule has 0 aromatic carbocycles. The average molecular weight is 767 g/mol. The standard InChI is InChI=1S/C44H78O10/c1-3-5-7-9-11-13-15-17-19-21-22-24-26-28-30-32-39(46)51-35-37(36-52-44-43(50)42(49)41(48)38(34-45)54-44)53-40(47)33-31-29-27-25-23-20-18-16-14-12-10-8-6-4-2/h10,12-13,15-16,18,37-38,41-45,48-50H,3-9,11,14,17,19-36H2,1-2H3/b12-10+,15-13+,18-16+/t37-,38-,41+,42?,43?,44-/m0/s1. The molecule has 10 heteroatoms. The summed E-state index contributed by atoms with van der Waals surface area (Å²) >= 11 is 0. The second-order valence-corrected chi connectivity index (χ2v) is 14.8. The van der Waals surface area contributed by atoms with E-state index in [2.05, 4.69) is 50.3 Å². The zero-order valence-electron chi connectivity index (χ0n) is 34.0. The molecule has 1 aliphatic heterocycles. The van der Waals surface area contributed by atoms with Gasteiger partial charge in [-0.05, 0) is 64.2 Å². The first-order valence-electron chi connectivity index (χ1n) is 21.6. The Balaban J connectivity index is 2.36. The third-order valence-electron chi connectivity index (χ3n) is 9.75. The molecule has 0 aromatic rings. The molecule has 0 aliphatic carbocycles. The van der Waals surface area contributed by atoms with Crippen molar-refractivity contribution in [1.82, 2.24) is 0 Å². The molecule has 0 saturated carbocycles. The molecule has 0 amide bonds. The fourth-order valence-corrected chi connectivity index (χ4v) is 6.26. The first-order valence-corrected chi connectivity index (χ1v) is 21.6. The van der Waals surface area contributed by atoms with Crippen molar-refractivity contribution in [2.24, 2.45) is 0 Å². The lowest BCUT2D eigenvalue weighted by molar-refractivity contribution is -0.305. The second-order valence-electron chi connectivity index (χ2n) is 14.8.